The molecule has 4 nitrogen and oxygen atoms in total. The molecule has 6 heteroatoms. The van der Waals surface area contributed by atoms with Crippen molar-refractivity contribution in [3.8, 4) is 0 Å². The van der Waals surface area contributed by atoms with Crippen LogP contribution in [0.3, 0.4) is 0 Å². The van der Waals surface area contributed by atoms with Crippen LogP contribution in [0, 0.1) is 0 Å². The summed E-state index contributed by atoms with van der Waals surface area (Å²) in [6, 6.07) is 0. The number of hydrogen-bond acceptors (Lipinski definition) is 3. The zero-order valence-corrected chi connectivity index (χ0v) is 6.27. The molecule has 0 unspecified atom stereocenters. The number of carbonyl (C=O) groups excluding carboxylic acids is 1. The summed E-state index contributed by atoms with van der Waals surface area (Å²) < 4.78 is 26.8. The van der Waals surface area contributed by atoms with Crippen LogP contribution in [0.1, 0.15) is 6.92 Å². The van der Waals surface area contributed by atoms with E-state index in [9.17, 15) is 13.2 Å². The Balaban J connectivity index is 0. The van der Waals surface area contributed by atoms with E-state index in [1.807, 2.05) is 0 Å². The summed E-state index contributed by atoms with van der Waals surface area (Å²) in [5.74, 6) is 0. The average Bonchev–Trinajstić information content (AvgIpc) is 1.31. The van der Waals surface area contributed by atoms with Gasteiger partial charge < -0.3 is 0 Å². The fourth-order valence-electron chi connectivity index (χ4n) is 0. The average molecular weight is 231 g/mol. The molecule has 1 N–H and O–H groups in total. The van der Waals surface area contributed by atoms with Gasteiger partial charge in [-0.3, -0.25) is 9.35 Å². The van der Waals surface area contributed by atoms with Gasteiger partial charge >= 0.3 is 10.1 Å². The minimum atomic E-state index is -4.38. The van der Waals surface area contributed by atoms with Crippen molar-refractivity contribution in [2.45, 2.75) is 6.92 Å². The summed E-state index contributed by atoms with van der Waals surface area (Å²) in [5, 5.41) is -1.23. The SMILES string of the molecule is CC(=O)S(=O)(=O)O.[Pd]. The Morgan fingerprint density at radius 3 is 1.62 bits per heavy atom. The van der Waals surface area contributed by atoms with Gasteiger partial charge in [0.2, 0.25) is 0 Å². The molecule has 0 heterocycles. The molecule has 0 aromatic heterocycles. The van der Waals surface area contributed by atoms with E-state index in [4.69, 9.17) is 4.55 Å². The number of hydrogen-bond donors (Lipinski definition) is 1. The van der Waals surface area contributed by atoms with E-state index in [1.54, 1.807) is 0 Å². The molecular weight excluding hydrogens is 227 g/mol. The fourth-order valence-corrected chi connectivity index (χ4v) is 0. The largest absolute Gasteiger partial charge is 0.328 e. The Kier molecular flexibility index (Phi) is 4.58. The van der Waals surface area contributed by atoms with Crippen molar-refractivity contribution in [3.05, 3.63) is 0 Å². The van der Waals surface area contributed by atoms with Gasteiger partial charge in [-0.2, -0.15) is 8.42 Å². The van der Waals surface area contributed by atoms with Crippen LogP contribution < -0.4 is 0 Å². The van der Waals surface area contributed by atoms with E-state index < -0.39 is 15.2 Å². The van der Waals surface area contributed by atoms with Gasteiger partial charge in [-0.25, -0.2) is 0 Å². The third kappa shape index (κ3) is 4.40. The Morgan fingerprint density at radius 2 is 1.62 bits per heavy atom. The molecule has 0 saturated heterocycles. The van der Waals surface area contributed by atoms with Gasteiger partial charge in [0.25, 0.3) is 5.12 Å². The topological polar surface area (TPSA) is 71.4 Å². The molecule has 0 aliphatic heterocycles. The van der Waals surface area contributed by atoms with E-state index in [-0.39, 0.29) is 20.4 Å². The van der Waals surface area contributed by atoms with Crippen LogP contribution in [0.2, 0.25) is 0 Å². The Bertz CT molecular complexity index is 168. The zero-order chi connectivity index (χ0) is 6.08. The van der Waals surface area contributed by atoms with E-state index in [0.29, 0.717) is 0 Å². The molecule has 0 rings (SSSR count). The Morgan fingerprint density at radius 1 is 1.50 bits per heavy atom. The summed E-state index contributed by atoms with van der Waals surface area (Å²) >= 11 is 0. The van der Waals surface area contributed by atoms with Crippen molar-refractivity contribution in [3.63, 3.8) is 0 Å². The van der Waals surface area contributed by atoms with Crippen LogP contribution in [-0.2, 0) is 35.3 Å². The van der Waals surface area contributed by atoms with Crippen molar-refractivity contribution in [2.75, 3.05) is 0 Å². The van der Waals surface area contributed by atoms with Crippen molar-refractivity contribution < 1.29 is 38.2 Å². The van der Waals surface area contributed by atoms with Gasteiger partial charge in [-0.15, -0.1) is 0 Å². The maximum atomic E-state index is 9.63. The first-order chi connectivity index (χ1) is 2.94. The second kappa shape index (κ2) is 3.30. The van der Waals surface area contributed by atoms with E-state index in [1.165, 1.54) is 0 Å². The van der Waals surface area contributed by atoms with Gasteiger partial charge in [0, 0.05) is 27.3 Å². The predicted octanol–water partition coefficient (Wildman–Crippen LogP) is -0.582. The maximum absolute atomic E-state index is 9.63. The van der Waals surface area contributed by atoms with Gasteiger partial charge in [-0.1, -0.05) is 0 Å². The van der Waals surface area contributed by atoms with Gasteiger partial charge in [0.05, 0.1) is 0 Å². The van der Waals surface area contributed by atoms with Gasteiger partial charge in [-0.05, 0) is 0 Å². The van der Waals surface area contributed by atoms with Crippen LogP contribution >= 0.6 is 0 Å². The summed E-state index contributed by atoms with van der Waals surface area (Å²) in [4.78, 5) is 9.63. The second-order valence-electron chi connectivity index (χ2n) is 0.967. The molecular formula is C2H4O4PdS. The molecule has 0 aliphatic carbocycles. The van der Waals surface area contributed by atoms with E-state index >= 15 is 0 Å². The quantitative estimate of drug-likeness (QED) is 0.446. The van der Waals surface area contributed by atoms with Crippen LogP contribution in [0.15, 0.2) is 0 Å². The maximum Gasteiger partial charge on any atom is 0.328 e. The number of carbonyl (C=O) groups is 1. The molecule has 0 saturated carbocycles. The first-order valence-electron chi connectivity index (χ1n) is 1.42. The van der Waals surface area contributed by atoms with Crippen molar-refractivity contribution in [1.82, 2.24) is 0 Å². The molecule has 0 spiro atoms. The Hall–Kier alpha value is 0.242. The summed E-state index contributed by atoms with van der Waals surface area (Å²) in [7, 11) is -4.38. The summed E-state index contributed by atoms with van der Waals surface area (Å²) in [6.07, 6.45) is 0. The fraction of sp³-hybridized carbons (Fsp3) is 0.500. The molecule has 0 aliphatic rings. The second-order valence-corrected chi connectivity index (χ2v) is 2.49. The summed E-state index contributed by atoms with van der Waals surface area (Å²) in [6.45, 7) is 0.773. The normalized spacial score (nSPS) is 9.75. The molecule has 0 amide bonds. The minimum Gasteiger partial charge on any atom is -0.280 e. The monoisotopic (exact) mass is 230 g/mol. The first-order valence-corrected chi connectivity index (χ1v) is 2.86. The van der Waals surface area contributed by atoms with Crippen molar-refractivity contribution in [2.24, 2.45) is 0 Å². The van der Waals surface area contributed by atoms with Crippen LogP contribution in [0.5, 0.6) is 0 Å². The molecule has 0 fully saturated rings. The first kappa shape index (κ1) is 11.1. The number of rotatable bonds is 0. The smallest absolute Gasteiger partial charge is 0.280 e. The van der Waals surface area contributed by atoms with Gasteiger partial charge in [0.1, 0.15) is 0 Å². The molecule has 0 aromatic carbocycles. The Labute approximate surface area is 60.7 Å². The summed E-state index contributed by atoms with van der Waals surface area (Å²) in [5.41, 5.74) is 0. The minimum absolute atomic E-state index is 0. The van der Waals surface area contributed by atoms with E-state index in [0.717, 1.165) is 6.92 Å². The molecule has 0 atom stereocenters. The molecule has 0 radical (unpaired) electrons. The van der Waals surface area contributed by atoms with E-state index in [2.05, 4.69) is 0 Å². The predicted molar refractivity (Wildman–Crippen MR) is 22.2 cm³/mol. The molecule has 0 aromatic rings. The third-order valence-corrected chi connectivity index (χ3v) is 1.09. The molecule has 8 heavy (non-hydrogen) atoms. The van der Waals surface area contributed by atoms with Crippen LogP contribution in [0.25, 0.3) is 0 Å². The van der Waals surface area contributed by atoms with Crippen molar-refractivity contribution in [1.29, 1.82) is 0 Å². The van der Waals surface area contributed by atoms with Crippen LogP contribution in [0.4, 0.5) is 0 Å². The van der Waals surface area contributed by atoms with Crippen molar-refractivity contribution >= 4 is 15.2 Å². The van der Waals surface area contributed by atoms with Crippen LogP contribution in [-0.4, -0.2) is 18.1 Å². The zero-order valence-electron chi connectivity index (χ0n) is 3.90. The molecule has 52 valence electrons. The van der Waals surface area contributed by atoms with Gasteiger partial charge in [0.15, 0.2) is 0 Å². The molecule has 0 bridgehead atoms. The third-order valence-electron chi connectivity index (χ3n) is 0.363. The standard InChI is InChI=1S/C2H4O4S.Pd/c1-2(3)7(4,5)6;/h1H3,(H,4,5,6);.